The lowest BCUT2D eigenvalue weighted by Gasteiger charge is -2.18. The molecular weight excluding hydrogens is 424 g/mol. The van der Waals surface area contributed by atoms with Crippen LogP contribution >= 0.6 is 11.3 Å². The number of thiophene rings is 1. The number of anilines is 1. The molecule has 1 heterocycles. The summed E-state index contributed by atoms with van der Waals surface area (Å²) >= 11 is 1.16. The summed E-state index contributed by atoms with van der Waals surface area (Å²) < 4.78 is 37.2. The van der Waals surface area contributed by atoms with Crippen LogP contribution in [0.3, 0.4) is 0 Å². The molecule has 0 fully saturated rings. The minimum absolute atomic E-state index is 0.258. The van der Waals surface area contributed by atoms with Gasteiger partial charge in [-0.2, -0.15) is 0 Å². The van der Waals surface area contributed by atoms with Crippen molar-refractivity contribution in [2.24, 2.45) is 0 Å². The molecule has 0 unspecified atom stereocenters. The van der Waals surface area contributed by atoms with Gasteiger partial charge in [0.15, 0.2) is 0 Å². The van der Waals surface area contributed by atoms with E-state index < -0.39 is 10.0 Å². The standard InChI is InChI=1S/C21H22N2O5S2/c1-23(30(25,26)20-5-4-12-29-20)17-8-6-15(7-9-17)21(24)22-14-16-13-18(27-2)10-11-19(16)28-3/h4-13H,14H2,1-3H3,(H,22,24). The summed E-state index contributed by atoms with van der Waals surface area (Å²) in [6.45, 7) is 0.258. The number of carbonyl (C=O) groups is 1. The summed E-state index contributed by atoms with van der Waals surface area (Å²) in [5, 5.41) is 4.55. The molecule has 0 radical (unpaired) electrons. The normalized spacial score (nSPS) is 11.0. The van der Waals surface area contributed by atoms with Gasteiger partial charge in [0.2, 0.25) is 0 Å². The van der Waals surface area contributed by atoms with Crippen LogP contribution in [0.1, 0.15) is 15.9 Å². The van der Waals surface area contributed by atoms with Crippen molar-refractivity contribution in [1.82, 2.24) is 5.32 Å². The number of carbonyl (C=O) groups excluding carboxylic acids is 1. The van der Waals surface area contributed by atoms with Crippen molar-refractivity contribution < 1.29 is 22.7 Å². The van der Waals surface area contributed by atoms with Gasteiger partial charge in [-0.1, -0.05) is 6.07 Å². The van der Waals surface area contributed by atoms with Crippen LogP contribution in [0.5, 0.6) is 11.5 Å². The van der Waals surface area contributed by atoms with Crippen LogP contribution in [0.15, 0.2) is 64.2 Å². The number of hydrogen-bond donors (Lipinski definition) is 1. The van der Waals surface area contributed by atoms with Crippen molar-refractivity contribution in [3.05, 3.63) is 71.1 Å². The summed E-state index contributed by atoms with van der Waals surface area (Å²) in [5.74, 6) is 1.03. The van der Waals surface area contributed by atoms with Crippen LogP contribution < -0.4 is 19.1 Å². The van der Waals surface area contributed by atoms with Crippen molar-refractivity contribution in [1.29, 1.82) is 0 Å². The molecule has 1 aromatic heterocycles. The van der Waals surface area contributed by atoms with Gasteiger partial charge in [0.05, 0.1) is 19.9 Å². The largest absolute Gasteiger partial charge is 0.497 e. The van der Waals surface area contributed by atoms with Crippen molar-refractivity contribution in [3.8, 4) is 11.5 Å². The average molecular weight is 447 g/mol. The van der Waals surface area contributed by atoms with Crippen LogP contribution in [-0.2, 0) is 16.6 Å². The molecule has 1 N–H and O–H groups in total. The zero-order chi connectivity index (χ0) is 21.7. The maximum absolute atomic E-state index is 12.6. The number of benzene rings is 2. The summed E-state index contributed by atoms with van der Waals surface area (Å²) in [6.07, 6.45) is 0. The van der Waals surface area contributed by atoms with Gasteiger partial charge < -0.3 is 14.8 Å². The van der Waals surface area contributed by atoms with Crippen LogP contribution in [0.25, 0.3) is 0 Å². The highest BCUT2D eigenvalue weighted by molar-refractivity contribution is 7.94. The van der Waals surface area contributed by atoms with Gasteiger partial charge in [-0.05, 0) is 53.9 Å². The van der Waals surface area contributed by atoms with Crippen LogP contribution in [0.2, 0.25) is 0 Å². The third-order valence-electron chi connectivity index (χ3n) is 4.53. The first kappa shape index (κ1) is 21.7. The minimum atomic E-state index is -3.62. The first-order valence-corrected chi connectivity index (χ1v) is 11.3. The Labute approximate surface area is 179 Å². The zero-order valence-corrected chi connectivity index (χ0v) is 18.4. The Morgan fingerprint density at radius 2 is 1.80 bits per heavy atom. The molecular formula is C21H22N2O5S2. The van der Waals surface area contributed by atoms with Crippen molar-refractivity contribution >= 4 is 33.0 Å². The van der Waals surface area contributed by atoms with E-state index in [1.807, 2.05) is 0 Å². The third-order valence-corrected chi connectivity index (χ3v) is 7.69. The Morgan fingerprint density at radius 1 is 1.07 bits per heavy atom. The highest BCUT2D eigenvalue weighted by Crippen LogP contribution is 2.26. The average Bonchev–Trinajstić information content (AvgIpc) is 3.32. The lowest BCUT2D eigenvalue weighted by Crippen LogP contribution is -2.26. The molecule has 1 amide bonds. The first-order valence-electron chi connectivity index (χ1n) is 8.98. The Hall–Kier alpha value is -3.04. The van der Waals surface area contributed by atoms with Gasteiger partial charge in [0.25, 0.3) is 15.9 Å². The van der Waals surface area contributed by atoms with Crippen LogP contribution in [-0.4, -0.2) is 35.6 Å². The Morgan fingerprint density at radius 3 is 2.40 bits per heavy atom. The van der Waals surface area contributed by atoms with Gasteiger partial charge in [-0.3, -0.25) is 9.10 Å². The van der Waals surface area contributed by atoms with E-state index >= 15 is 0 Å². The van der Waals surface area contributed by atoms with E-state index in [0.29, 0.717) is 22.7 Å². The van der Waals surface area contributed by atoms with E-state index in [-0.39, 0.29) is 16.7 Å². The number of nitrogens with zero attached hydrogens (tertiary/aromatic N) is 1. The predicted octanol–water partition coefficient (Wildman–Crippen LogP) is 3.52. The zero-order valence-electron chi connectivity index (χ0n) is 16.8. The predicted molar refractivity (Wildman–Crippen MR) is 117 cm³/mol. The molecule has 0 aliphatic carbocycles. The Bertz CT molecular complexity index is 1110. The molecule has 7 nitrogen and oxygen atoms in total. The number of ether oxygens (including phenoxy) is 2. The van der Waals surface area contributed by atoms with Crippen molar-refractivity contribution in [2.75, 3.05) is 25.6 Å². The summed E-state index contributed by atoms with van der Waals surface area (Å²) in [6, 6.07) is 15.0. The molecule has 0 atom stereocenters. The van der Waals surface area contributed by atoms with E-state index in [4.69, 9.17) is 9.47 Å². The molecule has 0 bridgehead atoms. The molecule has 0 aliphatic rings. The van der Waals surface area contributed by atoms with Gasteiger partial charge in [0.1, 0.15) is 15.7 Å². The fourth-order valence-electron chi connectivity index (χ4n) is 2.80. The lowest BCUT2D eigenvalue weighted by molar-refractivity contribution is 0.0950. The summed E-state index contributed by atoms with van der Waals surface area (Å²) in [7, 11) is 1.00. The molecule has 0 saturated heterocycles. The maximum Gasteiger partial charge on any atom is 0.273 e. The molecule has 0 saturated carbocycles. The van der Waals surface area contributed by atoms with Crippen LogP contribution in [0, 0.1) is 0 Å². The number of hydrogen-bond acceptors (Lipinski definition) is 6. The molecule has 3 rings (SSSR count). The molecule has 3 aromatic rings. The second kappa shape index (κ2) is 9.19. The van der Waals surface area contributed by atoms with Gasteiger partial charge >= 0.3 is 0 Å². The van der Waals surface area contributed by atoms with Crippen LogP contribution in [0.4, 0.5) is 5.69 Å². The summed E-state index contributed by atoms with van der Waals surface area (Å²) in [4.78, 5) is 12.5. The molecule has 158 valence electrons. The highest BCUT2D eigenvalue weighted by atomic mass is 32.2. The fraction of sp³-hybridized carbons (Fsp3) is 0.190. The topological polar surface area (TPSA) is 84.9 Å². The van der Waals surface area contributed by atoms with Gasteiger partial charge in [-0.25, -0.2) is 8.42 Å². The first-order chi connectivity index (χ1) is 14.4. The van der Waals surface area contributed by atoms with Gasteiger partial charge in [0, 0.05) is 24.7 Å². The number of sulfonamides is 1. The van der Waals surface area contributed by atoms with E-state index in [9.17, 15) is 13.2 Å². The number of rotatable bonds is 8. The monoisotopic (exact) mass is 446 g/mol. The summed E-state index contributed by atoms with van der Waals surface area (Å²) in [5.41, 5.74) is 1.67. The van der Waals surface area contributed by atoms with E-state index in [1.54, 1.807) is 74.2 Å². The molecule has 30 heavy (non-hydrogen) atoms. The molecule has 0 aliphatic heterocycles. The third kappa shape index (κ3) is 4.58. The molecule has 0 spiro atoms. The van der Waals surface area contributed by atoms with Gasteiger partial charge in [-0.15, -0.1) is 11.3 Å². The smallest absolute Gasteiger partial charge is 0.273 e. The SMILES string of the molecule is COc1ccc(OC)c(CNC(=O)c2ccc(N(C)S(=O)(=O)c3cccs3)cc2)c1. The maximum atomic E-state index is 12.6. The van der Waals surface area contributed by atoms with Crippen molar-refractivity contribution in [3.63, 3.8) is 0 Å². The van der Waals surface area contributed by atoms with Crippen molar-refractivity contribution in [2.45, 2.75) is 10.8 Å². The Kier molecular flexibility index (Phi) is 6.63. The quantitative estimate of drug-likeness (QED) is 0.572. The number of methoxy groups -OCH3 is 2. The molecule has 2 aromatic carbocycles. The van der Waals surface area contributed by atoms with E-state index in [2.05, 4.69) is 5.32 Å². The second-order valence-electron chi connectivity index (χ2n) is 6.31. The lowest BCUT2D eigenvalue weighted by atomic mass is 10.1. The number of amides is 1. The molecule has 9 heteroatoms. The van der Waals surface area contributed by atoms with E-state index in [0.717, 1.165) is 16.9 Å². The highest BCUT2D eigenvalue weighted by Gasteiger charge is 2.22. The minimum Gasteiger partial charge on any atom is -0.497 e. The fourth-order valence-corrected chi connectivity index (χ4v) is 5.16. The Balaban J connectivity index is 1.70. The second-order valence-corrected chi connectivity index (χ2v) is 9.46. The van der Waals surface area contributed by atoms with E-state index in [1.165, 1.54) is 11.4 Å². The number of nitrogens with one attached hydrogen (secondary N) is 1.